The third kappa shape index (κ3) is 8.68. The Hall–Kier alpha value is 0.0969. The summed E-state index contributed by atoms with van der Waals surface area (Å²) in [4.78, 5) is 0. The van der Waals surface area contributed by atoms with Crippen molar-refractivity contribution in [3.8, 4) is 0 Å². The predicted octanol–water partition coefficient (Wildman–Crippen LogP) is 0.966. The third-order valence-electron chi connectivity index (χ3n) is 2.36. The van der Waals surface area contributed by atoms with Gasteiger partial charge in [0.05, 0.1) is 0 Å². The Balaban J connectivity index is 0.000000249. The summed E-state index contributed by atoms with van der Waals surface area (Å²) in [6.07, 6.45) is 1.29. The van der Waals surface area contributed by atoms with E-state index in [9.17, 15) is 0 Å². The lowest BCUT2D eigenvalue weighted by Gasteiger charge is -2.11. The van der Waals surface area contributed by atoms with E-state index >= 15 is 0 Å². The van der Waals surface area contributed by atoms with Crippen molar-refractivity contribution in [2.24, 2.45) is 0 Å². The van der Waals surface area contributed by atoms with Gasteiger partial charge < -0.3 is 15.1 Å². The van der Waals surface area contributed by atoms with E-state index in [4.69, 9.17) is 4.43 Å². The van der Waals surface area contributed by atoms with Gasteiger partial charge in [-0.1, -0.05) is 20.3 Å². The molecule has 1 aliphatic rings. The molecule has 0 aliphatic carbocycles. The highest BCUT2D eigenvalue weighted by molar-refractivity contribution is 6.51. The van der Waals surface area contributed by atoms with Crippen molar-refractivity contribution < 1.29 is 4.43 Å². The maximum Gasteiger partial charge on any atom is 0.176 e. The fourth-order valence-electron chi connectivity index (χ4n) is 1.41. The zero-order valence-electron chi connectivity index (χ0n) is 9.94. The van der Waals surface area contributed by atoms with Crippen molar-refractivity contribution in [1.82, 2.24) is 10.6 Å². The van der Waals surface area contributed by atoms with Crippen molar-refractivity contribution in [3.63, 3.8) is 0 Å². The predicted molar refractivity (Wildman–Crippen MR) is 65.5 cm³/mol. The quantitative estimate of drug-likeness (QED) is 0.690. The molecule has 1 rings (SSSR count). The molecule has 2 N–H and O–H groups in total. The van der Waals surface area contributed by atoms with Gasteiger partial charge in [-0.15, -0.1) is 0 Å². The summed E-state index contributed by atoms with van der Waals surface area (Å²) in [5.41, 5.74) is 0. The molecule has 1 atom stereocenters. The molecule has 4 heteroatoms. The van der Waals surface area contributed by atoms with Gasteiger partial charge in [-0.2, -0.15) is 0 Å². The van der Waals surface area contributed by atoms with Crippen LogP contribution >= 0.6 is 0 Å². The van der Waals surface area contributed by atoms with E-state index in [0.29, 0.717) is 0 Å². The summed E-state index contributed by atoms with van der Waals surface area (Å²) in [5, 5.41) is 6.44. The van der Waals surface area contributed by atoms with Gasteiger partial charge in [0.15, 0.2) is 9.04 Å². The van der Waals surface area contributed by atoms with Crippen LogP contribution in [0.2, 0.25) is 12.1 Å². The molecule has 0 bridgehead atoms. The van der Waals surface area contributed by atoms with Gasteiger partial charge in [0, 0.05) is 33.3 Å². The highest BCUT2D eigenvalue weighted by Gasteiger charge is 2.02. The molecule has 86 valence electrons. The zero-order valence-corrected chi connectivity index (χ0v) is 11.1. The van der Waals surface area contributed by atoms with Crippen LogP contribution < -0.4 is 10.6 Å². The van der Waals surface area contributed by atoms with Gasteiger partial charge in [-0.3, -0.25) is 0 Å². The van der Waals surface area contributed by atoms with E-state index < -0.39 is 9.04 Å². The normalized spacial score (nSPS) is 18.2. The van der Waals surface area contributed by atoms with E-state index in [1.165, 1.54) is 18.5 Å². The van der Waals surface area contributed by atoms with Crippen molar-refractivity contribution in [2.45, 2.75) is 32.4 Å². The molecule has 1 saturated heterocycles. The number of piperazine rings is 1. The van der Waals surface area contributed by atoms with Crippen LogP contribution in [0.15, 0.2) is 0 Å². The molecule has 0 amide bonds. The maximum atomic E-state index is 5.28. The van der Waals surface area contributed by atoms with Crippen LogP contribution in [0, 0.1) is 0 Å². The molecular formula is C10H26N2OSi. The molecule has 1 fully saturated rings. The number of nitrogens with one attached hydrogen (secondary N) is 2. The highest BCUT2D eigenvalue weighted by atomic mass is 28.3. The van der Waals surface area contributed by atoms with Crippen LogP contribution in [-0.2, 0) is 4.43 Å². The lowest BCUT2D eigenvalue weighted by molar-refractivity contribution is 0.418. The molecule has 0 aromatic heterocycles. The Morgan fingerprint density at radius 2 is 1.57 bits per heavy atom. The summed E-state index contributed by atoms with van der Waals surface area (Å²) < 4.78 is 5.28. The smallest absolute Gasteiger partial charge is 0.176 e. The Morgan fingerprint density at radius 1 is 1.07 bits per heavy atom. The molecule has 3 nitrogen and oxygen atoms in total. The van der Waals surface area contributed by atoms with Crippen molar-refractivity contribution in [1.29, 1.82) is 0 Å². The van der Waals surface area contributed by atoms with E-state index in [1.807, 2.05) is 7.11 Å². The lowest BCUT2D eigenvalue weighted by atomic mass is 10.4. The molecule has 0 spiro atoms. The molecular weight excluding hydrogens is 192 g/mol. The molecule has 14 heavy (non-hydrogen) atoms. The van der Waals surface area contributed by atoms with Crippen LogP contribution in [0.4, 0.5) is 0 Å². The summed E-state index contributed by atoms with van der Waals surface area (Å²) >= 11 is 0. The Morgan fingerprint density at radius 3 is 1.71 bits per heavy atom. The minimum absolute atomic E-state index is 0.692. The van der Waals surface area contributed by atoms with Crippen molar-refractivity contribution in [2.75, 3.05) is 33.3 Å². The SMILES string of the molecule is C1CNCCN1.CCC[SiH](CC)OC. The molecule has 1 unspecified atom stereocenters. The summed E-state index contributed by atoms with van der Waals surface area (Å²) in [6, 6.07) is 2.62. The first kappa shape index (κ1) is 14.1. The van der Waals surface area contributed by atoms with Gasteiger partial charge in [-0.25, -0.2) is 0 Å². The van der Waals surface area contributed by atoms with E-state index in [2.05, 4.69) is 24.5 Å². The largest absolute Gasteiger partial charge is 0.423 e. The van der Waals surface area contributed by atoms with Gasteiger partial charge in [-0.05, 0) is 12.1 Å². The third-order valence-corrected chi connectivity index (χ3v) is 5.16. The average molecular weight is 218 g/mol. The first-order valence-electron chi connectivity index (χ1n) is 5.79. The fourth-order valence-corrected chi connectivity index (χ4v) is 3.04. The molecule has 0 saturated carbocycles. The fraction of sp³-hybridized carbons (Fsp3) is 1.00. The Bertz CT molecular complexity index is 94.8. The van der Waals surface area contributed by atoms with Gasteiger partial charge in [0.25, 0.3) is 0 Å². The second-order valence-electron chi connectivity index (χ2n) is 3.55. The molecule has 1 heterocycles. The number of hydrogen-bond donors (Lipinski definition) is 2. The highest BCUT2D eigenvalue weighted by Crippen LogP contribution is 2.01. The van der Waals surface area contributed by atoms with E-state index in [0.717, 1.165) is 26.2 Å². The summed E-state index contributed by atoms with van der Waals surface area (Å²) in [7, 11) is 1.15. The minimum Gasteiger partial charge on any atom is -0.423 e. The van der Waals surface area contributed by atoms with Crippen LogP contribution in [0.1, 0.15) is 20.3 Å². The van der Waals surface area contributed by atoms with E-state index in [1.54, 1.807) is 0 Å². The molecule has 0 aromatic carbocycles. The van der Waals surface area contributed by atoms with Crippen molar-refractivity contribution >= 4 is 9.04 Å². The standard InChI is InChI=1S/C6H16OSi.C4H10N2/c1-4-6-8(5-2)7-3;1-2-6-4-3-5-1/h8H,4-6H2,1-3H3;5-6H,1-4H2. The van der Waals surface area contributed by atoms with E-state index in [-0.39, 0.29) is 0 Å². The number of rotatable bonds is 4. The number of hydrogen-bond acceptors (Lipinski definition) is 3. The zero-order chi connectivity index (χ0) is 10.6. The second kappa shape index (κ2) is 11.2. The Kier molecular flexibility index (Phi) is 11.3. The van der Waals surface area contributed by atoms with Gasteiger partial charge in [0.1, 0.15) is 0 Å². The molecule has 1 aliphatic heterocycles. The monoisotopic (exact) mass is 218 g/mol. The first-order valence-corrected chi connectivity index (χ1v) is 7.89. The van der Waals surface area contributed by atoms with Gasteiger partial charge >= 0.3 is 0 Å². The second-order valence-corrected chi connectivity index (χ2v) is 6.66. The van der Waals surface area contributed by atoms with Crippen LogP contribution in [0.5, 0.6) is 0 Å². The van der Waals surface area contributed by atoms with Gasteiger partial charge in [0.2, 0.25) is 0 Å². The topological polar surface area (TPSA) is 33.3 Å². The average Bonchev–Trinajstić information content (AvgIpc) is 2.29. The van der Waals surface area contributed by atoms with Crippen LogP contribution in [0.25, 0.3) is 0 Å². The van der Waals surface area contributed by atoms with Crippen LogP contribution in [-0.4, -0.2) is 42.3 Å². The molecule has 0 radical (unpaired) electrons. The summed E-state index contributed by atoms with van der Waals surface area (Å²) in [6.45, 7) is 8.99. The lowest BCUT2D eigenvalue weighted by Crippen LogP contribution is -2.39. The minimum atomic E-state index is -0.692. The Labute approximate surface area is 90.3 Å². The first-order chi connectivity index (χ1) is 6.85. The summed E-state index contributed by atoms with van der Waals surface area (Å²) in [5.74, 6) is 0. The van der Waals surface area contributed by atoms with Crippen molar-refractivity contribution in [3.05, 3.63) is 0 Å². The van der Waals surface area contributed by atoms with Crippen LogP contribution in [0.3, 0.4) is 0 Å². The maximum absolute atomic E-state index is 5.28. The molecule has 0 aromatic rings.